The molecule has 0 aromatic carbocycles. The highest BCUT2D eigenvalue weighted by Crippen LogP contribution is 2.23. The zero-order chi connectivity index (χ0) is 10.7. The zero-order valence-corrected chi connectivity index (χ0v) is 9.52. The number of hydrogen-bond acceptors (Lipinski definition) is 6. The highest BCUT2D eigenvalue weighted by atomic mass is 32.2. The predicted molar refractivity (Wildman–Crippen MR) is 64.7 cm³/mol. The molecule has 2 heterocycles. The summed E-state index contributed by atoms with van der Waals surface area (Å²) in [7, 11) is 0. The van der Waals surface area contributed by atoms with Gasteiger partial charge in [-0.05, 0) is 11.4 Å². The Morgan fingerprint density at radius 1 is 1.27 bits per heavy atom. The van der Waals surface area contributed by atoms with Gasteiger partial charge in [0.2, 0.25) is 0 Å². The fourth-order valence-corrected chi connectivity index (χ4v) is 2.70. The second kappa shape index (κ2) is 4.50. The van der Waals surface area contributed by atoms with Gasteiger partial charge in [-0.3, -0.25) is 0 Å². The summed E-state index contributed by atoms with van der Waals surface area (Å²) in [6, 6.07) is 5.65. The van der Waals surface area contributed by atoms with Gasteiger partial charge in [0, 0.05) is 16.7 Å². The van der Waals surface area contributed by atoms with Crippen molar-refractivity contribution in [1.82, 2.24) is 9.97 Å². The van der Waals surface area contributed by atoms with Crippen molar-refractivity contribution in [2.45, 2.75) is 10.9 Å². The van der Waals surface area contributed by atoms with Crippen LogP contribution in [0.3, 0.4) is 0 Å². The lowest BCUT2D eigenvalue weighted by Crippen LogP contribution is -1.99. The van der Waals surface area contributed by atoms with E-state index in [0.717, 1.165) is 5.75 Å². The first-order chi connectivity index (χ1) is 7.24. The maximum absolute atomic E-state index is 5.57. The summed E-state index contributed by atoms with van der Waals surface area (Å²) in [6.45, 7) is 0. The molecule has 0 bridgehead atoms. The Labute approximate surface area is 95.7 Å². The van der Waals surface area contributed by atoms with E-state index in [9.17, 15) is 0 Å². The van der Waals surface area contributed by atoms with Gasteiger partial charge in [-0.15, -0.1) is 11.3 Å². The molecule has 15 heavy (non-hydrogen) atoms. The third kappa shape index (κ3) is 2.84. The SMILES string of the molecule is Nc1cc(N)nc(SCc2cccs2)n1. The summed E-state index contributed by atoms with van der Waals surface area (Å²) in [5.41, 5.74) is 11.1. The van der Waals surface area contributed by atoms with Crippen LogP contribution in [0.4, 0.5) is 11.6 Å². The number of nitrogens with two attached hydrogens (primary N) is 2. The molecule has 0 spiro atoms. The minimum Gasteiger partial charge on any atom is -0.383 e. The molecular formula is C9H10N4S2. The molecule has 0 radical (unpaired) electrons. The van der Waals surface area contributed by atoms with Crippen molar-refractivity contribution in [3.63, 3.8) is 0 Å². The molecule has 0 amide bonds. The number of thiophene rings is 1. The van der Waals surface area contributed by atoms with E-state index in [2.05, 4.69) is 16.0 Å². The minimum atomic E-state index is 0.413. The quantitative estimate of drug-likeness (QED) is 0.631. The van der Waals surface area contributed by atoms with Crippen LogP contribution >= 0.6 is 23.1 Å². The van der Waals surface area contributed by atoms with Gasteiger partial charge in [0.25, 0.3) is 0 Å². The van der Waals surface area contributed by atoms with Crippen LogP contribution in [0.25, 0.3) is 0 Å². The molecule has 4 N–H and O–H groups in total. The average molecular weight is 238 g/mol. The van der Waals surface area contributed by atoms with Gasteiger partial charge < -0.3 is 11.5 Å². The molecule has 6 heteroatoms. The number of thioether (sulfide) groups is 1. The number of aromatic nitrogens is 2. The van der Waals surface area contributed by atoms with Gasteiger partial charge in [-0.2, -0.15) is 0 Å². The topological polar surface area (TPSA) is 77.8 Å². The van der Waals surface area contributed by atoms with Gasteiger partial charge >= 0.3 is 0 Å². The Balaban J connectivity index is 2.05. The van der Waals surface area contributed by atoms with E-state index >= 15 is 0 Å². The molecule has 2 rings (SSSR count). The summed E-state index contributed by atoms with van der Waals surface area (Å²) >= 11 is 3.25. The van der Waals surface area contributed by atoms with E-state index in [1.54, 1.807) is 17.4 Å². The first kappa shape index (κ1) is 10.3. The zero-order valence-electron chi connectivity index (χ0n) is 7.88. The second-order valence-electron chi connectivity index (χ2n) is 2.87. The van der Waals surface area contributed by atoms with Crippen LogP contribution in [0.1, 0.15) is 4.88 Å². The molecule has 0 unspecified atom stereocenters. The molecule has 0 fully saturated rings. The summed E-state index contributed by atoms with van der Waals surface area (Å²) < 4.78 is 0. The molecule has 0 aliphatic carbocycles. The van der Waals surface area contributed by atoms with E-state index in [1.807, 2.05) is 11.4 Å². The summed E-state index contributed by atoms with van der Waals surface area (Å²) in [5.74, 6) is 1.67. The Bertz CT molecular complexity index is 421. The van der Waals surface area contributed by atoms with Crippen LogP contribution in [0.2, 0.25) is 0 Å². The van der Waals surface area contributed by atoms with Crippen LogP contribution in [-0.2, 0) is 5.75 Å². The first-order valence-corrected chi connectivity index (χ1v) is 6.16. The molecule has 0 aliphatic rings. The van der Waals surface area contributed by atoms with E-state index in [0.29, 0.717) is 16.8 Å². The molecular weight excluding hydrogens is 228 g/mol. The largest absolute Gasteiger partial charge is 0.383 e. The van der Waals surface area contributed by atoms with Crippen molar-refractivity contribution in [2.75, 3.05) is 11.5 Å². The number of nitrogen functional groups attached to an aromatic ring is 2. The highest BCUT2D eigenvalue weighted by molar-refractivity contribution is 7.98. The Hall–Kier alpha value is -1.27. The average Bonchev–Trinajstić information content (AvgIpc) is 2.65. The minimum absolute atomic E-state index is 0.413. The van der Waals surface area contributed by atoms with E-state index in [1.165, 1.54) is 16.6 Å². The number of hydrogen-bond donors (Lipinski definition) is 2. The molecule has 0 saturated carbocycles. The third-order valence-corrected chi connectivity index (χ3v) is 3.62. The molecule has 4 nitrogen and oxygen atoms in total. The standard InChI is InChI=1S/C9H10N4S2/c10-7-4-8(11)13-9(12-7)15-5-6-2-1-3-14-6/h1-4H,5H2,(H4,10,11,12,13). The molecule has 0 atom stereocenters. The molecule has 78 valence electrons. The Morgan fingerprint density at radius 2 is 2.00 bits per heavy atom. The third-order valence-electron chi connectivity index (χ3n) is 1.67. The smallest absolute Gasteiger partial charge is 0.191 e. The number of anilines is 2. The Kier molecular flexibility index (Phi) is 3.08. The van der Waals surface area contributed by atoms with Crippen molar-refractivity contribution in [3.8, 4) is 0 Å². The fraction of sp³-hybridized carbons (Fsp3) is 0.111. The lowest BCUT2D eigenvalue weighted by molar-refractivity contribution is 0.984. The van der Waals surface area contributed by atoms with E-state index in [-0.39, 0.29) is 0 Å². The lowest BCUT2D eigenvalue weighted by Gasteiger charge is -2.01. The predicted octanol–water partition coefficient (Wildman–Crippen LogP) is 1.99. The number of rotatable bonds is 3. The molecule has 0 saturated heterocycles. The molecule has 2 aromatic rings. The van der Waals surface area contributed by atoms with Crippen LogP contribution in [-0.4, -0.2) is 9.97 Å². The van der Waals surface area contributed by atoms with Crippen molar-refractivity contribution in [3.05, 3.63) is 28.5 Å². The van der Waals surface area contributed by atoms with E-state index < -0.39 is 0 Å². The second-order valence-corrected chi connectivity index (χ2v) is 4.84. The van der Waals surface area contributed by atoms with Crippen LogP contribution in [0.15, 0.2) is 28.7 Å². The van der Waals surface area contributed by atoms with Crippen molar-refractivity contribution in [2.24, 2.45) is 0 Å². The van der Waals surface area contributed by atoms with Crippen molar-refractivity contribution >= 4 is 34.7 Å². The lowest BCUT2D eigenvalue weighted by atomic mass is 10.5. The Morgan fingerprint density at radius 3 is 2.60 bits per heavy atom. The molecule has 0 aliphatic heterocycles. The maximum Gasteiger partial charge on any atom is 0.191 e. The van der Waals surface area contributed by atoms with Gasteiger partial charge in [-0.25, -0.2) is 9.97 Å². The maximum atomic E-state index is 5.57. The van der Waals surface area contributed by atoms with Crippen LogP contribution in [0.5, 0.6) is 0 Å². The normalized spacial score (nSPS) is 10.4. The van der Waals surface area contributed by atoms with Gasteiger partial charge in [-0.1, -0.05) is 17.8 Å². The van der Waals surface area contributed by atoms with Gasteiger partial charge in [0.15, 0.2) is 5.16 Å². The van der Waals surface area contributed by atoms with Crippen LogP contribution in [0, 0.1) is 0 Å². The van der Waals surface area contributed by atoms with Crippen molar-refractivity contribution in [1.29, 1.82) is 0 Å². The highest BCUT2D eigenvalue weighted by Gasteiger charge is 2.02. The summed E-state index contributed by atoms with van der Waals surface area (Å²) in [6.07, 6.45) is 0. The summed E-state index contributed by atoms with van der Waals surface area (Å²) in [5, 5.41) is 2.67. The summed E-state index contributed by atoms with van der Waals surface area (Å²) in [4.78, 5) is 9.46. The van der Waals surface area contributed by atoms with Crippen molar-refractivity contribution < 1.29 is 0 Å². The van der Waals surface area contributed by atoms with Gasteiger partial charge in [0.05, 0.1) is 0 Å². The first-order valence-electron chi connectivity index (χ1n) is 4.29. The number of nitrogens with zero attached hydrogens (tertiary/aromatic N) is 2. The van der Waals surface area contributed by atoms with Crippen LogP contribution < -0.4 is 11.5 Å². The fourth-order valence-electron chi connectivity index (χ4n) is 1.06. The monoisotopic (exact) mass is 238 g/mol. The molecule has 2 aromatic heterocycles. The van der Waals surface area contributed by atoms with Gasteiger partial charge in [0.1, 0.15) is 11.6 Å². The van der Waals surface area contributed by atoms with E-state index in [4.69, 9.17) is 11.5 Å².